The zero-order valence-corrected chi connectivity index (χ0v) is 10.3. The third kappa shape index (κ3) is 3.58. The Kier molecular flexibility index (Phi) is 4.18. The fourth-order valence-electron chi connectivity index (χ4n) is 2.17. The van der Waals surface area contributed by atoms with Gasteiger partial charge in [-0.25, -0.2) is 0 Å². The molecule has 0 bridgehead atoms. The maximum Gasteiger partial charge on any atom is 0.133 e. The van der Waals surface area contributed by atoms with Crippen molar-refractivity contribution in [2.45, 2.75) is 32.4 Å². The molecule has 1 N–H and O–H groups in total. The van der Waals surface area contributed by atoms with Gasteiger partial charge in [0.05, 0.1) is 12.2 Å². The quantitative estimate of drug-likeness (QED) is 0.793. The molecule has 92 valence electrons. The van der Waals surface area contributed by atoms with Gasteiger partial charge in [0.1, 0.15) is 5.76 Å². The number of piperidine rings is 1. The molecule has 1 aromatic heterocycles. The molecular weight excluding hydrogens is 214 g/mol. The first-order chi connectivity index (χ1) is 8.28. The Morgan fingerprint density at radius 1 is 1.59 bits per heavy atom. The fourth-order valence-corrected chi connectivity index (χ4v) is 2.17. The minimum atomic E-state index is 0.570. The maximum atomic E-state index is 5.31. The first-order valence-corrected chi connectivity index (χ1v) is 6.09. The van der Waals surface area contributed by atoms with Gasteiger partial charge in [0.15, 0.2) is 0 Å². The van der Waals surface area contributed by atoms with Gasteiger partial charge in [0, 0.05) is 31.7 Å². The monoisotopic (exact) mass is 233 g/mol. The minimum Gasteiger partial charge on any atom is -0.361 e. The van der Waals surface area contributed by atoms with Gasteiger partial charge in [-0.2, -0.15) is 0 Å². The molecule has 1 fully saturated rings. The van der Waals surface area contributed by atoms with E-state index < -0.39 is 0 Å². The van der Waals surface area contributed by atoms with Crippen LogP contribution in [0.2, 0.25) is 0 Å². The van der Waals surface area contributed by atoms with E-state index in [1.165, 1.54) is 0 Å². The average Bonchev–Trinajstić information content (AvgIpc) is 2.75. The lowest BCUT2D eigenvalue weighted by atomic mass is 10.1. The lowest BCUT2D eigenvalue weighted by Gasteiger charge is -2.30. The standard InChI is InChI=1S/C13H19N3O/c1-3-6-16-7-4-12(5-8-16)14-10-13-9-11(2)17-15-13/h1,9,12,14H,4-8,10H2,2H3. The van der Waals surface area contributed by atoms with E-state index in [1.807, 2.05) is 13.0 Å². The van der Waals surface area contributed by atoms with Crippen LogP contribution < -0.4 is 5.32 Å². The van der Waals surface area contributed by atoms with Gasteiger partial charge in [0.25, 0.3) is 0 Å². The molecule has 0 spiro atoms. The predicted molar refractivity (Wildman–Crippen MR) is 66.4 cm³/mol. The van der Waals surface area contributed by atoms with Crippen molar-refractivity contribution in [2.24, 2.45) is 0 Å². The molecule has 4 nitrogen and oxygen atoms in total. The van der Waals surface area contributed by atoms with Crippen molar-refractivity contribution in [3.63, 3.8) is 0 Å². The molecule has 0 amide bonds. The number of nitrogens with one attached hydrogen (secondary N) is 1. The van der Waals surface area contributed by atoms with Crippen LogP contribution in [0, 0.1) is 19.3 Å². The Balaban J connectivity index is 1.70. The van der Waals surface area contributed by atoms with E-state index in [0.717, 1.165) is 50.5 Å². The first kappa shape index (κ1) is 12.2. The van der Waals surface area contributed by atoms with Gasteiger partial charge in [-0.05, 0) is 19.8 Å². The highest BCUT2D eigenvalue weighted by atomic mass is 16.5. The van der Waals surface area contributed by atoms with E-state index in [4.69, 9.17) is 10.9 Å². The molecule has 2 heterocycles. The molecule has 0 saturated carbocycles. The molecule has 2 rings (SSSR count). The highest BCUT2D eigenvalue weighted by molar-refractivity contribution is 5.03. The Bertz CT molecular complexity index is 386. The average molecular weight is 233 g/mol. The zero-order valence-electron chi connectivity index (χ0n) is 10.3. The van der Waals surface area contributed by atoms with Crippen LogP contribution in [0.25, 0.3) is 0 Å². The number of hydrogen-bond acceptors (Lipinski definition) is 4. The summed E-state index contributed by atoms with van der Waals surface area (Å²) < 4.78 is 5.03. The van der Waals surface area contributed by atoms with Gasteiger partial charge in [-0.1, -0.05) is 11.1 Å². The second-order valence-corrected chi connectivity index (χ2v) is 4.56. The summed E-state index contributed by atoms with van der Waals surface area (Å²) >= 11 is 0. The van der Waals surface area contributed by atoms with Crippen molar-refractivity contribution in [1.29, 1.82) is 0 Å². The molecular formula is C13H19N3O. The van der Waals surface area contributed by atoms with Crippen LogP contribution in [-0.4, -0.2) is 35.7 Å². The van der Waals surface area contributed by atoms with E-state index in [9.17, 15) is 0 Å². The van der Waals surface area contributed by atoms with Gasteiger partial charge in [-0.3, -0.25) is 4.90 Å². The number of aryl methyl sites for hydroxylation is 1. The van der Waals surface area contributed by atoms with Crippen LogP contribution >= 0.6 is 0 Å². The van der Waals surface area contributed by atoms with Crippen molar-refractivity contribution in [1.82, 2.24) is 15.4 Å². The smallest absolute Gasteiger partial charge is 0.133 e. The van der Waals surface area contributed by atoms with Crippen LogP contribution in [0.1, 0.15) is 24.3 Å². The normalized spacial score (nSPS) is 18.1. The second-order valence-electron chi connectivity index (χ2n) is 4.56. The molecule has 1 aromatic rings. The molecule has 4 heteroatoms. The molecule has 0 aliphatic carbocycles. The Morgan fingerprint density at radius 2 is 2.35 bits per heavy atom. The van der Waals surface area contributed by atoms with Crippen LogP contribution in [0.3, 0.4) is 0 Å². The maximum absolute atomic E-state index is 5.31. The number of likely N-dealkylation sites (tertiary alicyclic amines) is 1. The van der Waals surface area contributed by atoms with E-state index in [0.29, 0.717) is 6.04 Å². The summed E-state index contributed by atoms with van der Waals surface area (Å²) in [5.74, 6) is 3.56. The summed E-state index contributed by atoms with van der Waals surface area (Å²) in [4.78, 5) is 2.32. The molecule has 0 atom stereocenters. The fraction of sp³-hybridized carbons (Fsp3) is 0.615. The summed E-state index contributed by atoms with van der Waals surface area (Å²) in [7, 11) is 0. The molecule has 1 aliphatic heterocycles. The highest BCUT2D eigenvalue weighted by Crippen LogP contribution is 2.10. The molecule has 0 unspecified atom stereocenters. The van der Waals surface area contributed by atoms with Crippen molar-refractivity contribution in [2.75, 3.05) is 19.6 Å². The minimum absolute atomic E-state index is 0.570. The predicted octanol–water partition coefficient (Wildman–Crippen LogP) is 1.17. The molecule has 1 aliphatic rings. The number of aromatic nitrogens is 1. The SMILES string of the molecule is C#CCN1CCC(NCc2cc(C)on2)CC1. The van der Waals surface area contributed by atoms with Crippen LogP contribution in [0.15, 0.2) is 10.6 Å². The Labute approximate surface area is 102 Å². The van der Waals surface area contributed by atoms with Gasteiger partial charge >= 0.3 is 0 Å². The van der Waals surface area contributed by atoms with Crippen LogP contribution in [-0.2, 0) is 6.54 Å². The number of hydrogen-bond donors (Lipinski definition) is 1. The molecule has 0 aromatic carbocycles. The Hall–Kier alpha value is -1.31. The molecule has 0 radical (unpaired) electrons. The van der Waals surface area contributed by atoms with Gasteiger partial charge < -0.3 is 9.84 Å². The summed E-state index contributed by atoms with van der Waals surface area (Å²) in [5, 5.41) is 7.48. The first-order valence-electron chi connectivity index (χ1n) is 6.09. The van der Waals surface area contributed by atoms with Crippen molar-refractivity contribution in [3.8, 4) is 12.3 Å². The van der Waals surface area contributed by atoms with Crippen LogP contribution in [0.5, 0.6) is 0 Å². The summed E-state index contributed by atoms with van der Waals surface area (Å²) in [5.41, 5.74) is 0.980. The summed E-state index contributed by atoms with van der Waals surface area (Å²) in [6.07, 6.45) is 7.61. The van der Waals surface area contributed by atoms with E-state index >= 15 is 0 Å². The lowest BCUT2D eigenvalue weighted by Crippen LogP contribution is -2.42. The lowest BCUT2D eigenvalue weighted by molar-refractivity contribution is 0.216. The number of nitrogens with zero attached hydrogens (tertiary/aromatic N) is 2. The van der Waals surface area contributed by atoms with Crippen molar-refractivity contribution in [3.05, 3.63) is 17.5 Å². The molecule has 1 saturated heterocycles. The second kappa shape index (κ2) is 5.85. The molecule has 17 heavy (non-hydrogen) atoms. The van der Waals surface area contributed by atoms with Crippen molar-refractivity contribution < 1.29 is 4.52 Å². The van der Waals surface area contributed by atoms with Crippen LogP contribution in [0.4, 0.5) is 0 Å². The van der Waals surface area contributed by atoms with E-state index in [-0.39, 0.29) is 0 Å². The third-order valence-corrected chi connectivity index (χ3v) is 3.15. The van der Waals surface area contributed by atoms with E-state index in [2.05, 4.69) is 21.3 Å². The van der Waals surface area contributed by atoms with Gasteiger partial charge in [-0.15, -0.1) is 6.42 Å². The topological polar surface area (TPSA) is 41.3 Å². The largest absolute Gasteiger partial charge is 0.361 e. The summed E-state index contributed by atoms with van der Waals surface area (Å²) in [6.45, 7) is 5.64. The number of terminal acetylenes is 1. The van der Waals surface area contributed by atoms with Gasteiger partial charge in [0.2, 0.25) is 0 Å². The number of rotatable bonds is 4. The Morgan fingerprint density at radius 3 is 2.94 bits per heavy atom. The highest BCUT2D eigenvalue weighted by Gasteiger charge is 2.18. The zero-order chi connectivity index (χ0) is 12.1. The summed E-state index contributed by atoms with van der Waals surface area (Å²) in [6, 6.07) is 2.54. The third-order valence-electron chi connectivity index (χ3n) is 3.15. The van der Waals surface area contributed by atoms with E-state index in [1.54, 1.807) is 0 Å². The van der Waals surface area contributed by atoms with Crippen molar-refractivity contribution >= 4 is 0 Å².